The van der Waals surface area contributed by atoms with E-state index in [0.29, 0.717) is 16.4 Å². The van der Waals surface area contributed by atoms with E-state index in [9.17, 15) is 4.79 Å². The quantitative estimate of drug-likeness (QED) is 0.808. The van der Waals surface area contributed by atoms with Gasteiger partial charge >= 0.3 is 0 Å². The topological polar surface area (TPSA) is 58.4 Å². The van der Waals surface area contributed by atoms with Crippen molar-refractivity contribution < 1.29 is 4.79 Å². The minimum Gasteiger partial charge on any atom is -0.399 e. The number of rotatable bonds is 5. The second-order valence-electron chi connectivity index (χ2n) is 4.13. The van der Waals surface area contributed by atoms with Gasteiger partial charge in [-0.05, 0) is 38.2 Å². The fourth-order valence-electron chi connectivity index (χ4n) is 1.81. The van der Waals surface area contributed by atoms with Gasteiger partial charge in [-0.1, -0.05) is 25.4 Å². The highest BCUT2D eigenvalue weighted by Crippen LogP contribution is 2.24. The second-order valence-corrected chi connectivity index (χ2v) is 4.53. The van der Waals surface area contributed by atoms with Crippen molar-refractivity contribution in [2.24, 2.45) is 0 Å². The number of nitrogens with one attached hydrogen (secondary N) is 1. The molecule has 18 heavy (non-hydrogen) atoms. The zero-order valence-electron chi connectivity index (χ0n) is 11.0. The number of anilines is 2. The Morgan fingerprint density at radius 1 is 1.44 bits per heavy atom. The number of halogens is 1. The van der Waals surface area contributed by atoms with Crippen molar-refractivity contribution in [1.82, 2.24) is 4.90 Å². The number of nitrogen functional groups attached to an aromatic ring is 1. The molecule has 0 saturated carbocycles. The molecule has 0 aliphatic heterocycles. The molecule has 0 spiro atoms. The molecule has 1 unspecified atom stereocenters. The number of carbonyl (C=O) groups excluding carboxylic acids is 1. The van der Waals surface area contributed by atoms with Gasteiger partial charge in [-0.2, -0.15) is 0 Å². The number of benzene rings is 1. The molecule has 0 aliphatic rings. The molecule has 4 nitrogen and oxygen atoms in total. The van der Waals surface area contributed by atoms with Crippen LogP contribution in [0, 0.1) is 0 Å². The van der Waals surface area contributed by atoms with Crippen molar-refractivity contribution in [3.05, 3.63) is 23.2 Å². The van der Waals surface area contributed by atoms with Gasteiger partial charge in [0.05, 0.1) is 16.8 Å². The summed E-state index contributed by atoms with van der Waals surface area (Å²) >= 11 is 6.02. The molecule has 1 amide bonds. The first-order valence-electron chi connectivity index (χ1n) is 6.09. The molecular weight excluding hydrogens is 250 g/mol. The highest BCUT2D eigenvalue weighted by atomic mass is 35.5. The second kappa shape index (κ2) is 6.61. The maximum atomic E-state index is 12.1. The van der Waals surface area contributed by atoms with Crippen LogP contribution in [0.1, 0.15) is 20.8 Å². The normalized spacial score (nSPS) is 12.5. The molecule has 1 aromatic rings. The molecule has 0 fully saturated rings. The number of carbonyl (C=O) groups is 1. The largest absolute Gasteiger partial charge is 0.399 e. The van der Waals surface area contributed by atoms with Crippen molar-refractivity contribution in [3.8, 4) is 0 Å². The van der Waals surface area contributed by atoms with Crippen LogP contribution in [-0.4, -0.2) is 29.9 Å². The van der Waals surface area contributed by atoms with Crippen LogP contribution < -0.4 is 11.1 Å². The van der Waals surface area contributed by atoms with E-state index < -0.39 is 0 Å². The Kier molecular flexibility index (Phi) is 5.44. The van der Waals surface area contributed by atoms with Crippen LogP contribution in [0.15, 0.2) is 18.2 Å². The van der Waals surface area contributed by atoms with Crippen molar-refractivity contribution in [2.45, 2.75) is 26.8 Å². The van der Waals surface area contributed by atoms with Crippen LogP contribution in [0.25, 0.3) is 0 Å². The third-order valence-corrected chi connectivity index (χ3v) is 3.30. The smallest absolute Gasteiger partial charge is 0.241 e. The van der Waals surface area contributed by atoms with Gasteiger partial charge in [-0.3, -0.25) is 9.69 Å². The van der Waals surface area contributed by atoms with Gasteiger partial charge in [0, 0.05) is 5.69 Å². The Bertz CT molecular complexity index is 419. The lowest BCUT2D eigenvalue weighted by Gasteiger charge is -2.25. The number of nitrogens with two attached hydrogens (primary N) is 1. The highest BCUT2D eigenvalue weighted by Gasteiger charge is 2.19. The predicted molar refractivity (Wildman–Crippen MR) is 76.9 cm³/mol. The van der Waals surface area contributed by atoms with Gasteiger partial charge in [-0.25, -0.2) is 0 Å². The number of hydrogen-bond donors (Lipinski definition) is 2. The number of hydrogen-bond acceptors (Lipinski definition) is 3. The van der Waals surface area contributed by atoms with E-state index in [1.165, 1.54) is 0 Å². The molecular formula is C13H20ClN3O. The maximum absolute atomic E-state index is 12.1. The summed E-state index contributed by atoms with van der Waals surface area (Å²) in [7, 11) is 0. The van der Waals surface area contributed by atoms with E-state index in [0.717, 1.165) is 13.1 Å². The minimum atomic E-state index is -0.186. The molecule has 100 valence electrons. The summed E-state index contributed by atoms with van der Waals surface area (Å²) in [5, 5.41) is 3.27. The summed E-state index contributed by atoms with van der Waals surface area (Å²) in [4.78, 5) is 14.1. The Balaban J connectivity index is 2.75. The molecule has 0 saturated heterocycles. The molecule has 0 radical (unpaired) electrons. The van der Waals surface area contributed by atoms with Gasteiger partial charge < -0.3 is 11.1 Å². The van der Waals surface area contributed by atoms with E-state index >= 15 is 0 Å². The van der Waals surface area contributed by atoms with Crippen LogP contribution in [-0.2, 0) is 4.79 Å². The molecule has 1 atom stereocenters. The Hall–Kier alpha value is -1.26. The fourth-order valence-corrected chi connectivity index (χ4v) is 2.04. The van der Waals surface area contributed by atoms with Crippen LogP contribution >= 0.6 is 11.6 Å². The lowest BCUT2D eigenvalue weighted by molar-refractivity contribution is -0.120. The summed E-state index contributed by atoms with van der Waals surface area (Å²) in [6, 6.07) is 4.86. The van der Waals surface area contributed by atoms with Crippen molar-refractivity contribution in [3.63, 3.8) is 0 Å². The lowest BCUT2D eigenvalue weighted by atomic mass is 10.2. The summed E-state index contributed by atoms with van der Waals surface area (Å²) in [5.41, 5.74) is 6.78. The van der Waals surface area contributed by atoms with Crippen molar-refractivity contribution in [2.75, 3.05) is 24.1 Å². The first-order chi connectivity index (χ1) is 8.49. The van der Waals surface area contributed by atoms with Crippen molar-refractivity contribution >= 4 is 28.9 Å². The monoisotopic (exact) mass is 269 g/mol. The van der Waals surface area contributed by atoms with E-state index in [2.05, 4.69) is 10.2 Å². The Labute approximate surface area is 113 Å². The summed E-state index contributed by atoms with van der Waals surface area (Å²) < 4.78 is 0. The molecule has 0 aromatic heterocycles. The summed E-state index contributed by atoms with van der Waals surface area (Å²) in [6.07, 6.45) is 0. The maximum Gasteiger partial charge on any atom is 0.241 e. The molecule has 1 rings (SSSR count). The lowest BCUT2D eigenvalue weighted by Crippen LogP contribution is -2.41. The van der Waals surface area contributed by atoms with Gasteiger partial charge in [-0.15, -0.1) is 0 Å². The van der Waals surface area contributed by atoms with Gasteiger partial charge in [0.25, 0.3) is 0 Å². The molecule has 3 N–H and O–H groups in total. The van der Waals surface area contributed by atoms with Gasteiger partial charge in [0.2, 0.25) is 5.91 Å². The minimum absolute atomic E-state index is 0.0645. The van der Waals surface area contributed by atoms with E-state index in [-0.39, 0.29) is 11.9 Å². The summed E-state index contributed by atoms with van der Waals surface area (Å²) in [6.45, 7) is 7.61. The van der Waals surface area contributed by atoms with Crippen LogP contribution in [0.5, 0.6) is 0 Å². The zero-order valence-corrected chi connectivity index (χ0v) is 11.8. The first kappa shape index (κ1) is 14.8. The van der Waals surface area contributed by atoms with Crippen LogP contribution in [0.3, 0.4) is 0 Å². The van der Waals surface area contributed by atoms with Gasteiger partial charge in [0.1, 0.15) is 0 Å². The van der Waals surface area contributed by atoms with E-state index in [1.54, 1.807) is 18.2 Å². The third-order valence-electron chi connectivity index (χ3n) is 2.99. The Morgan fingerprint density at radius 2 is 2.06 bits per heavy atom. The fraction of sp³-hybridized carbons (Fsp3) is 0.462. The average Bonchev–Trinajstić information content (AvgIpc) is 2.34. The zero-order chi connectivity index (χ0) is 13.7. The average molecular weight is 270 g/mol. The number of amides is 1. The van der Waals surface area contributed by atoms with Crippen molar-refractivity contribution in [1.29, 1.82) is 0 Å². The summed E-state index contributed by atoms with van der Waals surface area (Å²) in [5.74, 6) is -0.0645. The number of nitrogens with zero attached hydrogens (tertiary/aromatic N) is 1. The molecule has 1 aromatic carbocycles. The van der Waals surface area contributed by atoms with Crippen LogP contribution in [0.4, 0.5) is 11.4 Å². The van der Waals surface area contributed by atoms with Gasteiger partial charge in [0.15, 0.2) is 0 Å². The first-order valence-corrected chi connectivity index (χ1v) is 6.47. The SMILES string of the molecule is CCN(CC)C(C)C(=O)Nc1ccc(N)cc1Cl. The third kappa shape index (κ3) is 3.62. The molecule has 0 aliphatic carbocycles. The molecule has 0 heterocycles. The Morgan fingerprint density at radius 3 is 2.56 bits per heavy atom. The predicted octanol–water partition coefficient (Wildman–Crippen LogP) is 2.59. The molecule has 5 heteroatoms. The standard InChI is InChI=1S/C13H20ClN3O/c1-4-17(5-2)9(3)13(18)16-12-7-6-10(15)8-11(12)14/h6-9H,4-5,15H2,1-3H3,(H,16,18). The van der Waals surface area contributed by atoms with E-state index in [4.69, 9.17) is 17.3 Å². The van der Waals surface area contributed by atoms with Crippen LogP contribution in [0.2, 0.25) is 5.02 Å². The number of likely N-dealkylation sites (N-methyl/N-ethyl adjacent to an activating group) is 1. The van der Waals surface area contributed by atoms with E-state index in [1.807, 2.05) is 20.8 Å². The molecule has 0 bridgehead atoms. The highest BCUT2D eigenvalue weighted by molar-refractivity contribution is 6.34.